The van der Waals surface area contributed by atoms with Gasteiger partial charge in [0.15, 0.2) is 5.60 Å². The number of aryl methyl sites for hydroxylation is 1. The van der Waals surface area contributed by atoms with Crippen molar-refractivity contribution in [1.29, 1.82) is 0 Å². The highest BCUT2D eigenvalue weighted by molar-refractivity contribution is 6.26. The molecule has 0 aliphatic heterocycles. The fourth-order valence-electron chi connectivity index (χ4n) is 2.60. The number of hydrogen-bond donors (Lipinski definition) is 0. The van der Waals surface area contributed by atoms with E-state index in [2.05, 4.69) is 5.10 Å². The molecule has 1 saturated carbocycles. The number of halogens is 1. The maximum absolute atomic E-state index is 11.5. The summed E-state index contributed by atoms with van der Waals surface area (Å²) < 4.78 is 7.41. The van der Waals surface area contributed by atoms with E-state index in [-0.39, 0.29) is 11.8 Å². The van der Waals surface area contributed by atoms with Crippen molar-refractivity contribution in [3.63, 3.8) is 0 Å². The zero-order valence-electron chi connectivity index (χ0n) is 9.99. The summed E-state index contributed by atoms with van der Waals surface area (Å²) in [5, 5.41) is 4.16. The molecule has 0 unspecified atom stereocenters. The second-order valence-corrected chi connectivity index (χ2v) is 4.77. The highest BCUT2D eigenvalue weighted by Crippen LogP contribution is 2.40. The van der Waals surface area contributed by atoms with Crippen LogP contribution in [0.5, 0.6) is 0 Å². The Bertz CT molecular complexity index is 397. The maximum Gasteiger partial charge on any atom is 0.321 e. The Balaban J connectivity index is 2.29. The first-order chi connectivity index (χ1) is 8.18. The summed E-state index contributed by atoms with van der Waals surface area (Å²) in [5.74, 6) is -0.450. The summed E-state index contributed by atoms with van der Waals surface area (Å²) in [4.78, 5) is 11.5. The van der Waals surface area contributed by atoms with Crippen LogP contribution < -0.4 is 0 Å². The lowest BCUT2D eigenvalue weighted by Gasteiger charge is -2.36. The predicted octanol–water partition coefficient (Wildman–Crippen LogP) is 2.36. The van der Waals surface area contributed by atoms with Crippen LogP contribution in [0.25, 0.3) is 0 Å². The van der Waals surface area contributed by atoms with Gasteiger partial charge in [-0.1, -0.05) is 6.42 Å². The molecular formula is C12H17ClN2O2. The molecule has 0 saturated heterocycles. The molecule has 2 rings (SSSR count). The van der Waals surface area contributed by atoms with E-state index in [0.717, 1.165) is 31.4 Å². The molecule has 0 atom stereocenters. The summed E-state index contributed by atoms with van der Waals surface area (Å²) >= 11 is 5.54. The molecule has 0 radical (unpaired) electrons. The third-order valence-electron chi connectivity index (χ3n) is 3.37. The third-order valence-corrected chi connectivity index (χ3v) is 3.59. The smallest absolute Gasteiger partial charge is 0.321 e. The van der Waals surface area contributed by atoms with E-state index in [1.54, 1.807) is 10.9 Å². The molecule has 1 aromatic rings. The lowest BCUT2D eigenvalue weighted by atomic mass is 9.82. The summed E-state index contributed by atoms with van der Waals surface area (Å²) in [6.45, 7) is 0. The van der Waals surface area contributed by atoms with Crippen molar-refractivity contribution in [2.75, 3.05) is 5.88 Å². The van der Waals surface area contributed by atoms with Gasteiger partial charge in [0.25, 0.3) is 0 Å². The number of aromatic nitrogens is 2. The summed E-state index contributed by atoms with van der Waals surface area (Å²) in [7, 11) is 1.88. The van der Waals surface area contributed by atoms with Crippen LogP contribution in [0.2, 0.25) is 0 Å². The van der Waals surface area contributed by atoms with Gasteiger partial charge in [-0.25, -0.2) is 0 Å². The first kappa shape index (κ1) is 12.4. The summed E-state index contributed by atoms with van der Waals surface area (Å²) in [6.07, 6.45) is 6.78. The zero-order valence-corrected chi connectivity index (χ0v) is 10.7. The van der Waals surface area contributed by atoms with Gasteiger partial charge in [-0.3, -0.25) is 9.48 Å². The lowest BCUT2D eigenvalue weighted by molar-refractivity contribution is -0.162. The van der Waals surface area contributed by atoms with E-state index in [1.165, 1.54) is 6.42 Å². The fourth-order valence-corrected chi connectivity index (χ4v) is 2.65. The van der Waals surface area contributed by atoms with Gasteiger partial charge >= 0.3 is 5.97 Å². The van der Waals surface area contributed by atoms with Crippen LogP contribution in [-0.2, 0) is 22.2 Å². The number of esters is 1. The first-order valence-corrected chi connectivity index (χ1v) is 6.48. The fraction of sp³-hybridized carbons (Fsp3) is 0.667. The number of carbonyl (C=O) groups excluding carboxylic acids is 1. The lowest BCUT2D eigenvalue weighted by Crippen LogP contribution is -2.37. The van der Waals surface area contributed by atoms with Crippen molar-refractivity contribution in [3.8, 4) is 0 Å². The molecule has 5 heteroatoms. The molecule has 4 nitrogen and oxygen atoms in total. The normalized spacial score (nSPS) is 18.9. The average Bonchev–Trinajstić information content (AvgIpc) is 2.77. The van der Waals surface area contributed by atoms with Crippen LogP contribution in [0.15, 0.2) is 12.3 Å². The number of rotatable bonds is 3. The number of alkyl halides is 1. The number of carbonyl (C=O) groups is 1. The Kier molecular flexibility index (Phi) is 3.72. The second kappa shape index (κ2) is 5.08. The van der Waals surface area contributed by atoms with Gasteiger partial charge in [0.2, 0.25) is 0 Å². The molecule has 1 aliphatic rings. The SMILES string of the molecule is Cn1nccc1C1(OC(=O)CCl)CCCCC1. The van der Waals surface area contributed by atoms with Crippen LogP contribution in [-0.4, -0.2) is 21.6 Å². The van der Waals surface area contributed by atoms with Crippen molar-refractivity contribution in [2.24, 2.45) is 7.05 Å². The molecule has 1 aromatic heterocycles. The molecule has 1 aliphatic carbocycles. The predicted molar refractivity (Wildman–Crippen MR) is 64.8 cm³/mol. The van der Waals surface area contributed by atoms with Crippen LogP contribution in [0.1, 0.15) is 37.8 Å². The topological polar surface area (TPSA) is 44.1 Å². The van der Waals surface area contributed by atoms with Crippen molar-refractivity contribution in [1.82, 2.24) is 9.78 Å². The molecule has 94 valence electrons. The van der Waals surface area contributed by atoms with Gasteiger partial charge in [-0.05, 0) is 31.7 Å². The molecule has 1 fully saturated rings. The van der Waals surface area contributed by atoms with Gasteiger partial charge in [-0.2, -0.15) is 5.10 Å². The monoisotopic (exact) mass is 256 g/mol. The third kappa shape index (κ3) is 2.46. The Morgan fingerprint density at radius 3 is 2.76 bits per heavy atom. The standard InChI is InChI=1S/C12H17ClN2O2/c1-15-10(5-8-14-15)12(17-11(16)9-13)6-3-2-4-7-12/h5,8H,2-4,6-7,9H2,1H3. The maximum atomic E-state index is 11.5. The molecule has 0 aromatic carbocycles. The number of ether oxygens (including phenoxy) is 1. The van der Waals surface area contributed by atoms with Gasteiger partial charge < -0.3 is 4.74 Å². The number of nitrogens with zero attached hydrogens (tertiary/aromatic N) is 2. The highest BCUT2D eigenvalue weighted by atomic mass is 35.5. The van der Waals surface area contributed by atoms with Gasteiger partial charge in [-0.15, -0.1) is 11.6 Å². The van der Waals surface area contributed by atoms with Gasteiger partial charge in [0.1, 0.15) is 5.88 Å². The molecule has 0 N–H and O–H groups in total. The Morgan fingerprint density at radius 2 is 2.24 bits per heavy atom. The first-order valence-electron chi connectivity index (χ1n) is 5.94. The van der Waals surface area contributed by atoms with E-state index in [0.29, 0.717) is 0 Å². The highest BCUT2D eigenvalue weighted by Gasteiger charge is 2.39. The van der Waals surface area contributed by atoms with E-state index < -0.39 is 5.60 Å². The molecule has 0 amide bonds. The quantitative estimate of drug-likeness (QED) is 0.616. The van der Waals surface area contributed by atoms with Crippen molar-refractivity contribution in [2.45, 2.75) is 37.7 Å². The average molecular weight is 257 g/mol. The largest absolute Gasteiger partial charge is 0.452 e. The zero-order chi connectivity index (χ0) is 12.3. The van der Waals surface area contributed by atoms with Gasteiger partial charge in [0, 0.05) is 13.2 Å². The second-order valence-electron chi connectivity index (χ2n) is 4.50. The summed E-state index contributed by atoms with van der Waals surface area (Å²) in [6, 6.07) is 1.92. The van der Waals surface area contributed by atoms with Crippen molar-refractivity contribution >= 4 is 17.6 Å². The minimum Gasteiger partial charge on any atom is -0.452 e. The molecular weight excluding hydrogens is 240 g/mol. The van der Waals surface area contributed by atoms with Crippen LogP contribution >= 0.6 is 11.6 Å². The van der Waals surface area contributed by atoms with Crippen LogP contribution in [0, 0.1) is 0 Å². The van der Waals surface area contributed by atoms with Gasteiger partial charge in [0.05, 0.1) is 5.69 Å². The molecule has 17 heavy (non-hydrogen) atoms. The molecule has 0 spiro atoms. The van der Waals surface area contributed by atoms with Crippen molar-refractivity contribution < 1.29 is 9.53 Å². The van der Waals surface area contributed by atoms with Crippen molar-refractivity contribution in [3.05, 3.63) is 18.0 Å². The Morgan fingerprint density at radius 1 is 1.53 bits per heavy atom. The van der Waals surface area contributed by atoms with E-state index in [1.807, 2.05) is 13.1 Å². The Labute approximate surface area is 106 Å². The van der Waals surface area contributed by atoms with Crippen LogP contribution in [0.3, 0.4) is 0 Å². The minimum atomic E-state index is -0.518. The van der Waals surface area contributed by atoms with E-state index in [4.69, 9.17) is 16.3 Å². The van der Waals surface area contributed by atoms with E-state index >= 15 is 0 Å². The summed E-state index contributed by atoms with van der Waals surface area (Å²) in [5.41, 5.74) is 0.450. The number of hydrogen-bond acceptors (Lipinski definition) is 3. The molecule has 0 bridgehead atoms. The molecule has 1 heterocycles. The Hall–Kier alpha value is -1.03. The minimum absolute atomic E-state index is 0.0976. The van der Waals surface area contributed by atoms with Crippen LogP contribution in [0.4, 0.5) is 0 Å². The van der Waals surface area contributed by atoms with E-state index in [9.17, 15) is 4.79 Å².